The van der Waals surface area contributed by atoms with Gasteiger partial charge in [-0.15, -0.1) is 0 Å². The lowest BCUT2D eigenvalue weighted by Crippen LogP contribution is -2.09. The number of nitrogens with one attached hydrogen (secondary N) is 1. The van der Waals surface area contributed by atoms with Crippen molar-refractivity contribution in [3.8, 4) is 0 Å². The molecule has 20 heavy (non-hydrogen) atoms. The summed E-state index contributed by atoms with van der Waals surface area (Å²) < 4.78 is 26.3. The summed E-state index contributed by atoms with van der Waals surface area (Å²) in [4.78, 5) is 0. The number of benzene rings is 2. The summed E-state index contributed by atoms with van der Waals surface area (Å²) in [5.41, 5.74) is 8.49. The van der Waals surface area contributed by atoms with Gasteiger partial charge in [0, 0.05) is 5.69 Å². The van der Waals surface area contributed by atoms with Crippen LogP contribution in [-0.4, -0.2) is 8.42 Å². The summed E-state index contributed by atoms with van der Waals surface area (Å²) >= 11 is 0. The highest BCUT2D eigenvalue weighted by Gasteiger charge is 2.06. The van der Waals surface area contributed by atoms with Crippen LogP contribution in [0.3, 0.4) is 0 Å². The molecular formula is C15H16N2O2S. The third-order valence-electron chi connectivity index (χ3n) is 2.78. The van der Waals surface area contributed by atoms with Gasteiger partial charge < -0.3 is 5.73 Å². The minimum absolute atomic E-state index is 0.450. The molecule has 5 heteroatoms. The summed E-state index contributed by atoms with van der Waals surface area (Å²) in [6.45, 7) is 1.86. The topological polar surface area (TPSA) is 72.2 Å². The van der Waals surface area contributed by atoms with Gasteiger partial charge in [0.15, 0.2) is 0 Å². The number of nitrogen functional groups attached to an aromatic ring is 1. The molecule has 0 aliphatic heterocycles. The van der Waals surface area contributed by atoms with Crippen LogP contribution < -0.4 is 10.5 Å². The molecule has 0 atom stereocenters. The van der Waals surface area contributed by atoms with Crippen molar-refractivity contribution in [3.05, 3.63) is 65.1 Å². The van der Waals surface area contributed by atoms with Crippen LogP contribution in [-0.2, 0) is 10.0 Å². The second-order valence-corrected chi connectivity index (χ2v) is 6.00. The maximum atomic E-state index is 11.9. The van der Waals surface area contributed by atoms with E-state index in [4.69, 9.17) is 5.73 Å². The molecule has 0 unspecified atom stereocenters. The van der Waals surface area contributed by atoms with Gasteiger partial charge >= 0.3 is 0 Å². The number of anilines is 2. The Labute approximate surface area is 119 Å². The summed E-state index contributed by atoms with van der Waals surface area (Å²) in [5, 5.41) is 1.14. The molecule has 0 fully saturated rings. The van der Waals surface area contributed by atoms with Gasteiger partial charge in [0.25, 0.3) is 10.0 Å². The highest BCUT2D eigenvalue weighted by atomic mass is 32.2. The maximum Gasteiger partial charge on any atom is 0.255 e. The molecule has 0 saturated carbocycles. The summed E-state index contributed by atoms with van der Waals surface area (Å²) in [7, 11) is -3.55. The zero-order chi connectivity index (χ0) is 14.6. The van der Waals surface area contributed by atoms with Gasteiger partial charge in [-0.25, -0.2) is 8.42 Å². The first kappa shape index (κ1) is 14.1. The average molecular weight is 288 g/mol. The van der Waals surface area contributed by atoms with Crippen molar-refractivity contribution in [1.29, 1.82) is 0 Å². The molecule has 0 aliphatic carbocycles. The zero-order valence-electron chi connectivity index (χ0n) is 11.1. The van der Waals surface area contributed by atoms with E-state index < -0.39 is 10.0 Å². The maximum absolute atomic E-state index is 11.9. The Bertz CT molecular complexity index is 723. The molecule has 104 valence electrons. The quantitative estimate of drug-likeness (QED) is 0.849. The molecule has 2 aromatic rings. The Morgan fingerprint density at radius 3 is 2.45 bits per heavy atom. The van der Waals surface area contributed by atoms with Gasteiger partial charge in [-0.3, -0.25) is 4.72 Å². The van der Waals surface area contributed by atoms with Crippen LogP contribution in [0.25, 0.3) is 6.08 Å². The first-order valence-corrected chi connectivity index (χ1v) is 7.63. The Kier molecular flexibility index (Phi) is 4.10. The fourth-order valence-corrected chi connectivity index (χ4v) is 2.49. The molecule has 3 N–H and O–H groups in total. The van der Waals surface area contributed by atoms with Crippen molar-refractivity contribution < 1.29 is 8.42 Å². The van der Waals surface area contributed by atoms with Crippen molar-refractivity contribution in [1.82, 2.24) is 0 Å². The van der Waals surface area contributed by atoms with Gasteiger partial charge in [0.1, 0.15) is 0 Å². The van der Waals surface area contributed by atoms with Gasteiger partial charge in [-0.2, -0.15) is 0 Å². The Balaban J connectivity index is 2.15. The highest BCUT2D eigenvalue weighted by Crippen LogP contribution is 2.18. The van der Waals surface area contributed by atoms with Crippen LogP contribution in [0, 0.1) is 6.92 Å². The van der Waals surface area contributed by atoms with Gasteiger partial charge in [0.2, 0.25) is 0 Å². The number of hydrogen-bond donors (Lipinski definition) is 2. The van der Waals surface area contributed by atoms with E-state index in [1.807, 2.05) is 37.3 Å². The van der Waals surface area contributed by atoms with E-state index in [0.29, 0.717) is 11.4 Å². The number of sulfonamides is 1. The van der Waals surface area contributed by atoms with Crippen molar-refractivity contribution in [2.24, 2.45) is 0 Å². The van der Waals surface area contributed by atoms with E-state index in [1.165, 1.54) is 0 Å². The molecule has 0 aliphatic rings. The molecular weight excluding hydrogens is 272 g/mol. The van der Waals surface area contributed by atoms with Gasteiger partial charge in [-0.1, -0.05) is 36.4 Å². The number of rotatable bonds is 4. The minimum atomic E-state index is -3.55. The predicted molar refractivity (Wildman–Crippen MR) is 83.6 cm³/mol. The van der Waals surface area contributed by atoms with Crippen LogP contribution >= 0.6 is 0 Å². The summed E-state index contributed by atoms with van der Waals surface area (Å²) in [5.74, 6) is 0. The molecule has 0 radical (unpaired) electrons. The van der Waals surface area contributed by atoms with Crippen LogP contribution in [0.2, 0.25) is 0 Å². The smallest absolute Gasteiger partial charge is 0.255 e. The van der Waals surface area contributed by atoms with E-state index in [-0.39, 0.29) is 0 Å². The van der Waals surface area contributed by atoms with Crippen molar-refractivity contribution in [2.75, 3.05) is 10.5 Å². The summed E-state index contributed by atoms with van der Waals surface area (Å²) in [6.07, 6.45) is 1.54. The molecule has 0 aromatic heterocycles. The second-order valence-electron chi connectivity index (χ2n) is 4.43. The van der Waals surface area contributed by atoms with Crippen LogP contribution in [0.4, 0.5) is 11.4 Å². The van der Waals surface area contributed by atoms with E-state index in [9.17, 15) is 8.42 Å². The lowest BCUT2D eigenvalue weighted by Gasteiger charge is -2.06. The first-order chi connectivity index (χ1) is 9.46. The number of nitrogens with two attached hydrogens (primary N) is 1. The fraction of sp³-hybridized carbons (Fsp3) is 0.0667. The predicted octanol–water partition coefficient (Wildman–Crippen LogP) is 2.99. The van der Waals surface area contributed by atoms with Gasteiger partial charge in [0.05, 0.1) is 11.1 Å². The SMILES string of the molecule is Cc1ccc(NS(=O)(=O)/C=C/c2ccccc2)cc1N. The largest absolute Gasteiger partial charge is 0.398 e. The van der Waals surface area contributed by atoms with Crippen LogP contribution in [0.5, 0.6) is 0 Å². The molecule has 0 amide bonds. The third kappa shape index (κ3) is 3.86. The van der Waals surface area contributed by atoms with Gasteiger partial charge in [-0.05, 0) is 36.3 Å². The lowest BCUT2D eigenvalue weighted by molar-refractivity contribution is 0.609. The first-order valence-electron chi connectivity index (χ1n) is 6.08. The molecule has 2 aromatic carbocycles. The second kappa shape index (κ2) is 5.79. The monoisotopic (exact) mass is 288 g/mol. The molecule has 0 bridgehead atoms. The summed E-state index contributed by atoms with van der Waals surface area (Å²) in [6, 6.07) is 14.3. The van der Waals surface area contributed by atoms with Crippen molar-refractivity contribution in [2.45, 2.75) is 6.92 Å². The molecule has 2 rings (SSSR count). The molecule has 0 saturated heterocycles. The standard InChI is InChI=1S/C15H16N2O2S/c1-12-7-8-14(11-15(12)16)17-20(18,19)10-9-13-5-3-2-4-6-13/h2-11,17H,16H2,1H3/b10-9+. The van der Waals surface area contributed by atoms with E-state index in [1.54, 1.807) is 24.3 Å². The van der Waals surface area contributed by atoms with Crippen LogP contribution in [0.1, 0.15) is 11.1 Å². The molecule has 0 spiro atoms. The molecule has 0 heterocycles. The van der Waals surface area contributed by atoms with Crippen LogP contribution in [0.15, 0.2) is 53.9 Å². The highest BCUT2D eigenvalue weighted by molar-refractivity contribution is 7.95. The Morgan fingerprint density at radius 2 is 1.80 bits per heavy atom. The fourth-order valence-electron chi connectivity index (χ4n) is 1.63. The van der Waals surface area contributed by atoms with E-state index in [2.05, 4.69) is 4.72 Å². The number of aryl methyl sites for hydroxylation is 1. The lowest BCUT2D eigenvalue weighted by atomic mass is 10.2. The van der Waals surface area contributed by atoms with E-state index in [0.717, 1.165) is 16.5 Å². The Hall–Kier alpha value is -2.27. The average Bonchev–Trinajstić information content (AvgIpc) is 2.42. The third-order valence-corrected chi connectivity index (χ3v) is 3.79. The number of hydrogen-bond acceptors (Lipinski definition) is 3. The zero-order valence-corrected chi connectivity index (χ0v) is 11.9. The molecule has 4 nitrogen and oxygen atoms in total. The van der Waals surface area contributed by atoms with Crippen molar-refractivity contribution in [3.63, 3.8) is 0 Å². The normalized spacial score (nSPS) is 11.7. The van der Waals surface area contributed by atoms with Crippen molar-refractivity contribution >= 4 is 27.5 Å². The Morgan fingerprint density at radius 1 is 1.10 bits per heavy atom. The van der Waals surface area contributed by atoms with E-state index >= 15 is 0 Å². The minimum Gasteiger partial charge on any atom is -0.398 e.